The predicted octanol–water partition coefficient (Wildman–Crippen LogP) is 6.06. The van der Waals surface area contributed by atoms with Gasteiger partial charge >= 0.3 is 0 Å². The van der Waals surface area contributed by atoms with Crippen LogP contribution in [0.1, 0.15) is 103 Å². The third kappa shape index (κ3) is 4.60. The highest BCUT2D eigenvalue weighted by molar-refractivity contribution is 5.60. The van der Waals surface area contributed by atoms with E-state index in [-0.39, 0.29) is 5.41 Å². The third-order valence-electron chi connectivity index (χ3n) is 5.94. The van der Waals surface area contributed by atoms with E-state index in [1.54, 1.807) is 0 Å². The van der Waals surface area contributed by atoms with Gasteiger partial charge in [0.15, 0.2) is 0 Å². The zero-order valence-electron chi connectivity index (χ0n) is 13.4. The van der Waals surface area contributed by atoms with E-state index in [2.05, 4.69) is 0 Å². The number of hydrogen-bond acceptors (Lipinski definition) is 1. The fourth-order valence-corrected chi connectivity index (χ4v) is 4.57. The maximum atomic E-state index is 12.0. The highest BCUT2D eigenvalue weighted by Crippen LogP contribution is 2.44. The smallest absolute Gasteiger partial charge is 0.126 e. The fourth-order valence-electron chi connectivity index (χ4n) is 4.57. The van der Waals surface area contributed by atoms with Crippen molar-refractivity contribution in [1.29, 1.82) is 0 Å². The van der Waals surface area contributed by atoms with E-state index in [0.29, 0.717) is 5.92 Å². The summed E-state index contributed by atoms with van der Waals surface area (Å²) in [5.74, 6) is 0.691. The quantitative estimate of drug-likeness (QED) is 0.561. The first-order valence-electron chi connectivity index (χ1n) is 9.34. The van der Waals surface area contributed by atoms with Crippen LogP contribution < -0.4 is 0 Å². The van der Waals surface area contributed by atoms with Crippen LogP contribution in [-0.4, -0.2) is 6.29 Å². The average Bonchev–Trinajstić information content (AvgIpc) is 2.69. The summed E-state index contributed by atoms with van der Waals surface area (Å²) in [5.41, 5.74) is 0.0503. The minimum atomic E-state index is 0.0503. The van der Waals surface area contributed by atoms with E-state index in [4.69, 9.17) is 0 Å². The van der Waals surface area contributed by atoms with Crippen molar-refractivity contribution in [3.63, 3.8) is 0 Å². The first-order chi connectivity index (χ1) is 9.87. The van der Waals surface area contributed by atoms with Crippen LogP contribution in [0.3, 0.4) is 0 Å². The molecule has 20 heavy (non-hydrogen) atoms. The van der Waals surface area contributed by atoms with Crippen molar-refractivity contribution in [3.8, 4) is 0 Å². The Bertz CT molecular complexity index is 251. The molecule has 0 aromatic carbocycles. The van der Waals surface area contributed by atoms with Crippen molar-refractivity contribution in [2.75, 3.05) is 0 Å². The van der Waals surface area contributed by atoms with Gasteiger partial charge in [-0.25, -0.2) is 0 Å². The van der Waals surface area contributed by atoms with E-state index in [1.165, 1.54) is 109 Å². The lowest BCUT2D eigenvalue weighted by molar-refractivity contribution is -0.120. The number of hydrogen-bond donors (Lipinski definition) is 0. The molecule has 1 heteroatoms. The van der Waals surface area contributed by atoms with Crippen LogP contribution in [-0.2, 0) is 4.79 Å². The molecule has 2 aliphatic carbocycles. The summed E-state index contributed by atoms with van der Waals surface area (Å²) in [7, 11) is 0. The molecule has 0 radical (unpaired) electrons. The Balaban J connectivity index is 2.05. The average molecular weight is 278 g/mol. The van der Waals surface area contributed by atoms with Gasteiger partial charge in [0.05, 0.1) is 0 Å². The van der Waals surface area contributed by atoms with Crippen LogP contribution in [0, 0.1) is 11.3 Å². The second kappa shape index (κ2) is 8.85. The molecule has 0 atom stereocenters. The van der Waals surface area contributed by atoms with E-state index >= 15 is 0 Å². The molecule has 0 unspecified atom stereocenters. The topological polar surface area (TPSA) is 17.1 Å². The number of carbonyl (C=O) groups is 1. The van der Waals surface area contributed by atoms with Crippen LogP contribution in [0.5, 0.6) is 0 Å². The molecule has 2 rings (SSSR count). The molecule has 2 fully saturated rings. The molecular formula is C19H34O. The maximum Gasteiger partial charge on any atom is 0.126 e. The summed E-state index contributed by atoms with van der Waals surface area (Å²) in [4.78, 5) is 12.0. The van der Waals surface area contributed by atoms with Crippen molar-refractivity contribution in [2.45, 2.75) is 103 Å². The van der Waals surface area contributed by atoms with Gasteiger partial charge < -0.3 is 4.79 Å². The summed E-state index contributed by atoms with van der Waals surface area (Å²) in [6.45, 7) is 0. The SMILES string of the molecule is O=CC1(C2CCCCCCCC2)CCCCCCCC1. The fraction of sp³-hybridized carbons (Fsp3) is 0.947. The molecule has 2 aliphatic rings. The summed E-state index contributed by atoms with van der Waals surface area (Å²) in [5, 5.41) is 0. The molecule has 0 heterocycles. The lowest BCUT2D eigenvalue weighted by atomic mass is 9.66. The molecule has 116 valence electrons. The Morgan fingerprint density at radius 2 is 1.00 bits per heavy atom. The number of carbonyl (C=O) groups excluding carboxylic acids is 1. The van der Waals surface area contributed by atoms with Gasteiger partial charge in [-0.3, -0.25) is 0 Å². The Morgan fingerprint density at radius 1 is 0.600 bits per heavy atom. The van der Waals surface area contributed by atoms with Crippen molar-refractivity contribution in [1.82, 2.24) is 0 Å². The zero-order chi connectivity index (χ0) is 14.1. The predicted molar refractivity (Wildman–Crippen MR) is 85.9 cm³/mol. The Morgan fingerprint density at radius 3 is 1.45 bits per heavy atom. The van der Waals surface area contributed by atoms with Crippen molar-refractivity contribution in [3.05, 3.63) is 0 Å². The van der Waals surface area contributed by atoms with Gasteiger partial charge in [0.25, 0.3) is 0 Å². The van der Waals surface area contributed by atoms with Crippen LogP contribution in [0.15, 0.2) is 0 Å². The molecule has 0 aromatic rings. The zero-order valence-corrected chi connectivity index (χ0v) is 13.4. The highest BCUT2D eigenvalue weighted by Gasteiger charge is 2.37. The maximum absolute atomic E-state index is 12.0. The molecule has 0 saturated heterocycles. The summed E-state index contributed by atoms with van der Waals surface area (Å²) in [6.07, 6.45) is 22.8. The summed E-state index contributed by atoms with van der Waals surface area (Å²) in [6, 6.07) is 0. The lowest BCUT2D eigenvalue weighted by Gasteiger charge is -2.37. The van der Waals surface area contributed by atoms with Crippen LogP contribution in [0.4, 0.5) is 0 Å². The normalized spacial score (nSPS) is 27.2. The second-order valence-electron chi connectivity index (χ2n) is 7.37. The van der Waals surface area contributed by atoms with Gasteiger partial charge in [-0.15, -0.1) is 0 Å². The van der Waals surface area contributed by atoms with Crippen LogP contribution >= 0.6 is 0 Å². The van der Waals surface area contributed by atoms with Gasteiger partial charge in [0.2, 0.25) is 0 Å². The van der Waals surface area contributed by atoms with Crippen LogP contribution in [0.2, 0.25) is 0 Å². The second-order valence-corrected chi connectivity index (χ2v) is 7.37. The molecule has 2 saturated carbocycles. The molecule has 0 amide bonds. The first-order valence-corrected chi connectivity index (χ1v) is 9.34. The number of rotatable bonds is 2. The molecule has 0 aromatic heterocycles. The molecule has 1 nitrogen and oxygen atoms in total. The largest absolute Gasteiger partial charge is 0.303 e. The van der Waals surface area contributed by atoms with E-state index in [1.807, 2.05) is 0 Å². The Kier molecular flexibility index (Phi) is 7.10. The Labute approximate surface area is 125 Å². The van der Waals surface area contributed by atoms with E-state index in [9.17, 15) is 4.79 Å². The van der Waals surface area contributed by atoms with Gasteiger partial charge in [-0.1, -0.05) is 77.0 Å². The summed E-state index contributed by atoms with van der Waals surface area (Å²) >= 11 is 0. The van der Waals surface area contributed by atoms with Gasteiger partial charge in [0, 0.05) is 5.41 Å². The summed E-state index contributed by atoms with van der Waals surface area (Å²) < 4.78 is 0. The van der Waals surface area contributed by atoms with E-state index < -0.39 is 0 Å². The van der Waals surface area contributed by atoms with Gasteiger partial charge in [0.1, 0.15) is 6.29 Å². The van der Waals surface area contributed by atoms with Crippen molar-refractivity contribution >= 4 is 6.29 Å². The van der Waals surface area contributed by atoms with Gasteiger partial charge in [-0.05, 0) is 31.6 Å². The third-order valence-corrected chi connectivity index (χ3v) is 5.94. The van der Waals surface area contributed by atoms with Crippen LogP contribution in [0.25, 0.3) is 0 Å². The lowest BCUT2D eigenvalue weighted by Crippen LogP contribution is -2.32. The minimum absolute atomic E-state index is 0.0503. The standard InChI is InChI=1S/C19H34O/c20-17-19(15-11-7-3-4-8-12-16-19)18-13-9-5-1-2-6-10-14-18/h17-18H,1-16H2. The van der Waals surface area contributed by atoms with Gasteiger partial charge in [-0.2, -0.15) is 0 Å². The van der Waals surface area contributed by atoms with Crippen molar-refractivity contribution in [2.24, 2.45) is 11.3 Å². The van der Waals surface area contributed by atoms with E-state index in [0.717, 1.165) is 0 Å². The monoisotopic (exact) mass is 278 g/mol. The molecule has 0 bridgehead atoms. The highest BCUT2D eigenvalue weighted by atomic mass is 16.1. The first kappa shape index (κ1) is 16.0. The molecule has 0 spiro atoms. The Hall–Kier alpha value is -0.330. The minimum Gasteiger partial charge on any atom is -0.303 e. The van der Waals surface area contributed by atoms with Crippen molar-refractivity contribution < 1.29 is 4.79 Å². The molecular weight excluding hydrogens is 244 g/mol. The molecule has 0 N–H and O–H groups in total. The number of aldehydes is 1. The molecule has 0 aliphatic heterocycles.